The Morgan fingerprint density at radius 3 is 2.23 bits per heavy atom. The maximum absolute atomic E-state index is 12.9. The van der Waals surface area contributed by atoms with E-state index >= 15 is 0 Å². The summed E-state index contributed by atoms with van der Waals surface area (Å²) in [6.45, 7) is 2.58. The zero-order valence-corrected chi connectivity index (χ0v) is 16.6. The summed E-state index contributed by atoms with van der Waals surface area (Å²) >= 11 is 0. The van der Waals surface area contributed by atoms with Crippen molar-refractivity contribution in [2.24, 2.45) is 0 Å². The van der Waals surface area contributed by atoms with Crippen molar-refractivity contribution in [3.63, 3.8) is 0 Å². The van der Waals surface area contributed by atoms with Crippen molar-refractivity contribution in [3.8, 4) is 0 Å². The quantitative estimate of drug-likeness (QED) is 0.507. The molecule has 0 aliphatic carbocycles. The first-order valence-corrected chi connectivity index (χ1v) is 9.64. The van der Waals surface area contributed by atoms with Crippen LogP contribution < -0.4 is 5.32 Å². The third-order valence-corrected chi connectivity index (χ3v) is 4.72. The summed E-state index contributed by atoms with van der Waals surface area (Å²) in [4.78, 5) is 14.5. The average molecular weight is 412 g/mol. The summed E-state index contributed by atoms with van der Waals surface area (Å²) in [5.41, 5.74) is 2.71. The number of hydrogen-bond acceptors (Lipinski definition) is 1. The van der Waals surface area contributed by atoms with Crippen molar-refractivity contribution >= 4 is 11.7 Å². The number of benzene rings is 3. The van der Waals surface area contributed by atoms with E-state index in [-0.39, 0.29) is 12.6 Å². The van der Waals surface area contributed by atoms with Gasteiger partial charge in [0, 0.05) is 18.8 Å². The van der Waals surface area contributed by atoms with Crippen molar-refractivity contribution < 1.29 is 18.0 Å². The molecule has 0 spiro atoms. The van der Waals surface area contributed by atoms with Crippen LogP contribution in [0.2, 0.25) is 0 Å². The van der Waals surface area contributed by atoms with Gasteiger partial charge in [-0.3, -0.25) is 0 Å². The highest BCUT2D eigenvalue weighted by molar-refractivity contribution is 5.89. The topological polar surface area (TPSA) is 32.3 Å². The molecule has 0 unspecified atom stereocenters. The summed E-state index contributed by atoms with van der Waals surface area (Å²) in [7, 11) is 0. The van der Waals surface area contributed by atoms with Gasteiger partial charge in [-0.05, 0) is 54.3 Å². The van der Waals surface area contributed by atoms with Gasteiger partial charge in [0.05, 0.1) is 5.56 Å². The van der Waals surface area contributed by atoms with E-state index in [4.69, 9.17) is 0 Å². The predicted molar refractivity (Wildman–Crippen MR) is 112 cm³/mol. The van der Waals surface area contributed by atoms with Gasteiger partial charge < -0.3 is 10.2 Å². The fourth-order valence-electron chi connectivity index (χ4n) is 3.11. The predicted octanol–water partition coefficient (Wildman–Crippen LogP) is 6.29. The van der Waals surface area contributed by atoms with E-state index in [0.29, 0.717) is 24.2 Å². The van der Waals surface area contributed by atoms with E-state index in [0.717, 1.165) is 23.3 Å². The smallest absolute Gasteiger partial charge is 0.320 e. The van der Waals surface area contributed by atoms with Crippen LogP contribution in [0.1, 0.15) is 22.3 Å². The molecule has 2 amide bonds. The fourth-order valence-corrected chi connectivity index (χ4v) is 3.11. The molecule has 0 fully saturated rings. The Balaban J connectivity index is 1.75. The molecule has 0 saturated heterocycles. The van der Waals surface area contributed by atoms with Gasteiger partial charge in [-0.25, -0.2) is 4.79 Å². The Kier molecular flexibility index (Phi) is 6.77. The van der Waals surface area contributed by atoms with Crippen LogP contribution >= 0.6 is 0 Å². The van der Waals surface area contributed by atoms with Gasteiger partial charge in [-0.2, -0.15) is 13.2 Å². The molecule has 30 heavy (non-hydrogen) atoms. The van der Waals surface area contributed by atoms with Crippen LogP contribution in [-0.2, 0) is 19.1 Å². The number of rotatable bonds is 6. The molecule has 0 radical (unpaired) electrons. The first kappa shape index (κ1) is 21.4. The molecule has 3 rings (SSSR count). The van der Waals surface area contributed by atoms with Gasteiger partial charge >= 0.3 is 12.2 Å². The highest BCUT2D eigenvalue weighted by Crippen LogP contribution is 2.29. The first-order chi connectivity index (χ1) is 14.3. The molecule has 3 nitrogen and oxygen atoms in total. The van der Waals surface area contributed by atoms with Crippen LogP contribution in [-0.4, -0.2) is 17.5 Å². The molecule has 156 valence electrons. The molecule has 1 N–H and O–H groups in total. The minimum atomic E-state index is -4.38. The number of carbonyl (C=O) groups is 1. The van der Waals surface area contributed by atoms with E-state index in [1.165, 1.54) is 12.1 Å². The number of urea groups is 1. The van der Waals surface area contributed by atoms with Gasteiger partial charge in [0.25, 0.3) is 0 Å². The van der Waals surface area contributed by atoms with Crippen molar-refractivity contribution in [2.75, 3.05) is 11.9 Å². The maximum atomic E-state index is 12.9. The third-order valence-electron chi connectivity index (χ3n) is 4.72. The summed E-state index contributed by atoms with van der Waals surface area (Å²) in [6, 6.07) is 21.8. The van der Waals surface area contributed by atoms with E-state index in [9.17, 15) is 18.0 Å². The number of aryl methyl sites for hydroxylation is 1. The molecule has 0 aliphatic heterocycles. The Hall–Kier alpha value is -3.28. The molecule has 0 heterocycles. The second-order valence-electron chi connectivity index (χ2n) is 7.15. The maximum Gasteiger partial charge on any atom is 0.416 e. The zero-order valence-electron chi connectivity index (χ0n) is 16.6. The molecule has 0 atom stereocenters. The van der Waals surface area contributed by atoms with Crippen LogP contribution in [0.15, 0.2) is 78.9 Å². The highest BCUT2D eigenvalue weighted by atomic mass is 19.4. The largest absolute Gasteiger partial charge is 0.416 e. The van der Waals surface area contributed by atoms with Gasteiger partial charge in [0.2, 0.25) is 0 Å². The minimum Gasteiger partial charge on any atom is -0.320 e. The molecular weight excluding hydrogens is 389 g/mol. The molecule has 0 aliphatic rings. The second-order valence-corrected chi connectivity index (χ2v) is 7.15. The number of hydrogen-bond donors (Lipinski definition) is 1. The summed E-state index contributed by atoms with van der Waals surface area (Å²) in [5.74, 6) is 0. The lowest BCUT2D eigenvalue weighted by atomic mass is 10.1. The number of amides is 2. The zero-order chi connectivity index (χ0) is 21.6. The number of alkyl halides is 3. The van der Waals surface area contributed by atoms with Crippen molar-refractivity contribution in [3.05, 3.63) is 101 Å². The van der Waals surface area contributed by atoms with Crippen LogP contribution in [0.5, 0.6) is 0 Å². The molecular formula is C24H23F3N2O. The van der Waals surface area contributed by atoms with E-state index in [1.807, 2.05) is 55.5 Å². The van der Waals surface area contributed by atoms with Crippen molar-refractivity contribution in [1.29, 1.82) is 0 Å². The van der Waals surface area contributed by atoms with E-state index in [2.05, 4.69) is 5.32 Å². The lowest BCUT2D eigenvalue weighted by Crippen LogP contribution is -2.36. The number of nitrogens with zero attached hydrogens (tertiary/aromatic N) is 1. The molecule has 3 aromatic rings. The van der Waals surface area contributed by atoms with Crippen LogP contribution in [0.25, 0.3) is 0 Å². The number of anilines is 1. The van der Waals surface area contributed by atoms with Gasteiger partial charge in [-0.15, -0.1) is 0 Å². The highest BCUT2D eigenvalue weighted by Gasteiger charge is 2.30. The van der Waals surface area contributed by atoms with E-state index < -0.39 is 11.7 Å². The lowest BCUT2D eigenvalue weighted by molar-refractivity contribution is -0.137. The Bertz CT molecular complexity index is 970. The second kappa shape index (κ2) is 9.48. The lowest BCUT2D eigenvalue weighted by Gasteiger charge is -2.24. The number of halogens is 3. The van der Waals surface area contributed by atoms with Crippen LogP contribution in [0.4, 0.5) is 23.7 Å². The van der Waals surface area contributed by atoms with Crippen molar-refractivity contribution in [2.45, 2.75) is 26.1 Å². The molecule has 0 bridgehead atoms. The van der Waals surface area contributed by atoms with Gasteiger partial charge in [-0.1, -0.05) is 54.6 Å². The average Bonchev–Trinajstić information content (AvgIpc) is 2.71. The van der Waals surface area contributed by atoms with E-state index in [1.54, 1.807) is 11.0 Å². The molecule has 3 aromatic carbocycles. The standard InChI is InChI=1S/C24H23F3N2O/c1-18-6-5-9-22(16-18)28-23(30)29(15-14-19-7-3-2-4-8-19)17-20-10-12-21(13-11-20)24(25,26)27/h2-13,16H,14-15,17H2,1H3,(H,28,30). The monoisotopic (exact) mass is 412 g/mol. The molecule has 0 saturated carbocycles. The number of nitrogens with one attached hydrogen (secondary N) is 1. The Labute approximate surface area is 174 Å². The summed E-state index contributed by atoms with van der Waals surface area (Å²) in [5, 5.41) is 2.88. The summed E-state index contributed by atoms with van der Waals surface area (Å²) < 4.78 is 38.5. The Morgan fingerprint density at radius 2 is 1.60 bits per heavy atom. The minimum absolute atomic E-state index is 0.211. The molecule has 0 aromatic heterocycles. The normalized spacial score (nSPS) is 11.2. The SMILES string of the molecule is Cc1cccc(NC(=O)N(CCc2ccccc2)Cc2ccc(C(F)(F)F)cc2)c1. The fraction of sp³-hybridized carbons (Fsp3) is 0.208. The van der Waals surface area contributed by atoms with Gasteiger partial charge in [0.15, 0.2) is 0 Å². The van der Waals surface area contributed by atoms with Gasteiger partial charge in [0.1, 0.15) is 0 Å². The Morgan fingerprint density at radius 1 is 0.900 bits per heavy atom. The first-order valence-electron chi connectivity index (χ1n) is 9.64. The number of carbonyl (C=O) groups excluding carboxylic acids is 1. The van der Waals surface area contributed by atoms with Crippen molar-refractivity contribution in [1.82, 2.24) is 4.90 Å². The summed E-state index contributed by atoms with van der Waals surface area (Å²) in [6.07, 6.45) is -3.74. The molecule has 6 heteroatoms. The van der Waals surface area contributed by atoms with Crippen LogP contribution in [0, 0.1) is 6.92 Å². The van der Waals surface area contributed by atoms with Crippen LogP contribution in [0.3, 0.4) is 0 Å². The third kappa shape index (κ3) is 6.11.